The van der Waals surface area contributed by atoms with Crippen LogP contribution in [0.2, 0.25) is 0 Å². The average Bonchev–Trinajstić information content (AvgIpc) is 2.70. The number of carbonyl (C=O) groups excluding carboxylic acids is 1. The van der Waals surface area contributed by atoms with Crippen LogP contribution in [0, 0.1) is 34.6 Å². The summed E-state index contributed by atoms with van der Waals surface area (Å²) in [6.45, 7) is 10.1. The molecule has 0 heterocycles. The molecule has 0 aliphatic heterocycles. The number of anilines is 1. The predicted octanol–water partition coefficient (Wildman–Crippen LogP) is 3.62. The number of amides is 1. The van der Waals surface area contributed by atoms with Crippen LogP contribution in [0.5, 0.6) is 0 Å². The minimum atomic E-state index is -3.70. The largest absolute Gasteiger partial charge is 0.378 e. The van der Waals surface area contributed by atoms with E-state index in [1.54, 1.807) is 11.9 Å². The van der Waals surface area contributed by atoms with Crippen molar-refractivity contribution in [2.24, 2.45) is 0 Å². The molecule has 0 aliphatic rings. The Morgan fingerprint density at radius 3 is 1.81 bits per heavy atom. The van der Waals surface area contributed by atoms with Crippen molar-refractivity contribution >= 4 is 21.6 Å². The van der Waals surface area contributed by atoms with Crippen LogP contribution in [0.3, 0.4) is 0 Å². The first-order valence-corrected chi connectivity index (χ1v) is 11.9. The summed E-state index contributed by atoms with van der Waals surface area (Å²) < 4.78 is 28.6. The van der Waals surface area contributed by atoms with Crippen molar-refractivity contribution in [1.29, 1.82) is 0 Å². The molecule has 0 bridgehead atoms. The maximum absolute atomic E-state index is 13.0. The Balaban J connectivity index is 2.01. The second-order valence-electron chi connectivity index (χ2n) is 8.41. The molecular formula is C24H35N3O3S. The van der Waals surface area contributed by atoms with Gasteiger partial charge in [-0.2, -0.15) is 0 Å². The number of hydrogen-bond donors (Lipinski definition) is 1. The van der Waals surface area contributed by atoms with Crippen molar-refractivity contribution in [3.05, 3.63) is 57.6 Å². The van der Waals surface area contributed by atoms with Crippen LogP contribution in [-0.2, 0) is 21.4 Å². The zero-order valence-corrected chi connectivity index (χ0v) is 20.8. The second kappa shape index (κ2) is 9.83. The third kappa shape index (κ3) is 5.66. The lowest BCUT2D eigenvalue weighted by Crippen LogP contribution is -2.32. The molecule has 1 amide bonds. The van der Waals surface area contributed by atoms with E-state index in [4.69, 9.17) is 0 Å². The van der Waals surface area contributed by atoms with Gasteiger partial charge in [-0.25, -0.2) is 13.1 Å². The molecule has 0 spiro atoms. The summed E-state index contributed by atoms with van der Waals surface area (Å²) in [5.41, 5.74) is 6.73. The monoisotopic (exact) mass is 445 g/mol. The molecule has 0 fully saturated rings. The fraction of sp³-hybridized carbons (Fsp3) is 0.458. The molecular weight excluding hydrogens is 410 g/mol. The summed E-state index contributed by atoms with van der Waals surface area (Å²) in [6.07, 6.45) is 0.105. The average molecular weight is 446 g/mol. The fourth-order valence-electron chi connectivity index (χ4n) is 3.69. The number of hydrogen-bond acceptors (Lipinski definition) is 4. The number of sulfonamides is 1. The highest BCUT2D eigenvalue weighted by molar-refractivity contribution is 7.89. The summed E-state index contributed by atoms with van der Waals surface area (Å²) in [4.78, 5) is 16.5. The van der Waals surface area contributed by atoms with E-state index in [0.29, 0.717) is 11.4 Å². The first-order valence-electron chi connectivity index (χ1n) is 10.4. The number of nitrogens with one attached hydrogen (secondary N) is 1. The van der Waals surface area contributed by atoms with E-state index in [-0.39, 0.29) is 18.9 Å². The summed E-state index contributed by atoms with van der Waals surface area (Å²) in [5.74, 6) is -0.107. The Morgan fingerprint density at radius 2 is 1.32 bits per heavy atom. The van der Waals surface area contributed by atoms with Gasteiger partial charge in [0.25, 0.3) is 0 Å². The SMILES string of the molecule is Cc1c(C)c(C)c(S(=O)(=O)NCCC(=O)N(C)Cc2ccc(N(C)C)cc2)c(C)c1C. The van der Waals surface area contributed by atoms with E-state index in [1.165, 1.54) is 0 Å². The van der Waals surface area contributed by atoms with Crippen LogP contribution in [0.1, 0.15) is 39.8 Å². The van der Waals surface area contributed by atoms with Crippen molar-refractivity contribution in [3.63, 3.8) is 0 Å². The Kier molecular flexibility index (Phi) is 7.89. The van der Waals surface area contributed by atoms with Gasteiger partial charge in [0.15, 0.2) is 0 Å². The van der Waals surface area contributed by atoms with Crippen LogP contribution in [0.25, 0.3) is 0 Å². The second-order valence-corrected chi connectivity index (χ2v) is 10.1. The van der Waals surface area contributed by atoms with E-state index in [1.807, 2.05) is 77.9 Å². The molecule has 2 rings (SSSR count). The molecule has 0 aromatic heterocycles. The maximum atomic E-state index is 13.0. The van der Waals surface area contributed by atoms with Gasteiger partial charge >= 0.3 is 0 Å². The molecule has 6 nitrogen and oxygen atoms in total. The molecule has 0 radical (unpaired) electrons. The summed E-state index contributed by atoms with van der Waals surface area (Å²) in [6, 6.07) is 8.01. The molecule has 0 saturated carbocycles. The normalized spacial score (nSPS) is 11.5. The Labute approximate surface area is 187 Å². The third-order valence-corrected chi connectivity index (χ3v) is 7.86. The van der Waals surface area contributed by atoms with Gasteiger partial charge in [0.1, 0.15) is 0 Å². The Morgan fingerprint density at radius 1 is 0.839 bits per heavy atom. The van der Waals surface area contributed by atoms with Gasteiger partial charge in [-0.3, -0.25) is 4.79 Å². The molecule has 170 valence electrons. The quantitative estimate of drug-likeness (QED) is 0.674. The molecule has 0 unspecified atom stereocenters. The van der Waals surface area contributed by atoms with E-state index in [0.717, 1.165) is 39.1 Å². The molecule has 2 aromatic carbocycles. The molecule has 0 atom stereocenters. The predicted molar refractivity (Wildman–Crippen MR) is 127 cm³/mol. The molecule has 31 heavy (non-hydrogen) atoms. The maximum Gasteiger partial charge on any atom is 0.241 e. The molecule has 1 N–H and O–H groups in total. The highest BCUT2D eigenvalue weighted by Gasteiger charge is 2.23. The minimum absolute atomic E-state index is 0.0654. The van der Waals surface area contributed by atoms with Gasteiger partial charge in [-0.1, -0.05) is 12.1 Å². The van der Waals surface area contributed by atoms with Crippen molar-refractivity contribution in [1.82, 2.24) is 9.62 Å². The Hall–Kier alpha value is -2.38. The highest BCUT2D eigenvalue weighted by atomic mass is 32.2. The van der Waals surface area contributed by atoms with Gasteiger partial charge in [-0.15, -0.1) is 0 Å². The van der Waals surface area contributed by atoms with Crippen molar-refractivity contribution < 1.29 is 13.2 Å². The molecule has 0 aliphatic carbocycles. The van der Waals surface area contributed by atoms with Crippen LogP contribution >= 0.6 is 0 Å². The zero-order chi connectivity index (χ0) is 23.5. The van der Waals surface area contributed by atoms with Crippen LogP contribution in [0.15, 0.2) is 29.2 Å². The smallest absolute Gasteiger partial charge is 0.241 e. The van der Waals surface area contributed by atoms with Gasteiger partial charge < -0.3 is 9.80 Å². The lowest BCUT2D eigenvalue weighted by Gasteiger charge is -2.20. The first-order chi connectivity index (χ1) is 14.4. The Bertz CT molecular complexity index is 1030. The molecule has 0 saturated heterocycles. The van der Waals surface area contributed by atoms with Gasteiger partial charge in [0, 0.05) is 46.3 Å². The van der Waals surface area contributed by atoms with Crippen molar-refractivity contribution in [3.8, 4) is 0 Å². The van der Waals surface area contributed by atoms with E-state index in [9.17, 15) is 13.2 Å². The van der Waals surface area contributed by atoms with Crippen LogP contribution in [-0.4, -0.2) is 46.9 Å². The van der Waals surface area contributed by atoms with Crippen LogP contribution < -0.4 is 9.62 Å². The van der Waals surface area contributed by atoms with E-state index in [2.05, 4.69) is 4.72 Å². The minimum Gasteiger partial charge on any atom is -0.378 e. The van der Waals surface area contributed by atoms with Crippen molar-refractivity contribution in [2.45, 2.75) is 52.5 Å². The van der Waals surface area contributed by atoms with Gasteiger partial charge in [-0.05, 0) is 80.1 Å². The number of rotatable bonds is 8. The topological polar surface area (TPSA) is 69.7 Å². The summed E-state index contributed by atoms with van der Waals surface area (Å²) in [7, 11) is 1.99. The standard InChI is InChI=1S/C24H35N3O3S/c1-16-17(2)19(4)24(20(5)18(16)3)31(29,30)25-14-13-23(28)27(8)15-21-9-11-22(12-10-21)26(6)7/h9-12,25H,13-15H2,1-8H3. The van der Waals surface area contributed by atoms with Crippen molar-refractivity contribution in [2.75, 3.05) is 32.6 Å². The zero-order valence-electron chi connectivity index (χ0n) is 20.0. The lowest BCUT2D eigenvalue weighted by atomic mass is 9.95. The number of carbonyl (C=O) groups is 1. The van der Waals surface area contributed by atoms with E-state index >= 15 is 0 Å². The van der Waals surface area contributed by atoms with Gasteiger partial charge in [0.2, 0.25) is 15.9 Å². The number of nitrogens with zero attached hydrogens (tertiary/aromatic N) is 2. The third-order valence-electron chi connectivity index (χ3n) is 6.13. The molecule has 7 heteroatoms. The summed E-state index contributed by atoms with van der Waals surface area (Å²) >= 11 is 0. The summed E-state index contributed by atoms with van der Waals surface area (Å²) in [5, 5.41) is 0. The van der Waals surface area contributed by atoms with Gasteiger partial charge in [0.05, 0.1) is 4.90 Å². The lowest BCUT2D eigenvalue weighted by molar-refractivity contribution is -0.130. The molecule has 2 aromatic rings. The highest BCUT2D eigenvalue weighted by Crippen LogP contribution is 2.29. The number of benzene rings is 2. The fourth-order valence-corrected chi connectivity index (χ4v) is 5.31. The van der Waals surface area contributed by atoms with Crippen LogP contribution in [0.4, 0.5) is 5.69 Å². The van der Waals surface area contributed by atoms with E-state index < -0.39 is 10.0 Å². The first kappa shape index (κ1) is 24.9.